The third-order valence-electron chi connectivity index (χ3n) is 0.289. The van der Waals surface area contributed by atoms with Crippen LogP contribution in [-0.4, -0.2) is 12.4 Å². The van der Waals surface area contributed by atoms with Gasteiger partial charge in [-0.2, -0.15) is 0 Å². The van der Waals surface area contributed by atoms with E-state index in [2.05, 4.69) is 0 Å². The van der Waals surface area contributed by atoms with Gasteiger partial charge >= 0.3 is 59.1 Å². The van der Waals surface area contributed by atoms with Crippen molar-refractivity contribution in [3.8, 4) is 0 Å². The van der Waals surface area contributed by atoms with E-state index in [-0.39, 0.29) is 65.5 Å². The van der Waals surface area contributed by atoms with E-state index in [0.717, 1.165) is 0 Å². The van der Waals surface area contributed by atoms with Crippen LogP contribution in [0.5, 0.6) is 0 Å². The van der Waals surface area contributed by atoms with Crippen LogP contribution in [0.25, 0.3) is 0 Å². The molecule has 48 valence electrons. The third-order valence-corrected chi connectivity index (χ3v) is 0.289. The number of carboxylic acids is 1. The Hall–Kier alpha value is 0.940. The predicted octanol–water partition coefficient (Wildman–Crippen LogP) is -8.48. The van der Waals surface area contributed by atoms with Crippen molar-refractivity contribution >= 4 is 12.4 Å². The zero-order valence-corrected chi connectivity index (χ0v) is 10.4. The van der Waals surface area contributed by atoms with Crippen molar-refractivity contribution in [3.05, 3.63) is 0 Å². The van der Waals surface area contributed by atoms with Crippen LogP contribution in [0.4, 0.5) is 0 Å². The van der Waals surface area contributed by atoms with Crippen molar-refractivity contribution in [3.63, 3.8) is 0 Å². The number of carbonyl (C=O) groups excluding carboxylic acids is 2. The molecule has 0 spiro atoms. The fourth-order valence-electron chi connectivity index (χ4n) is 0. The van der Waals surface area contributed by atoms with Crippen LogP contribution in [0, 0.1) is 0 Å². The number of rotatable bonds is 1. The first-order valence-corrected chi connectivity index (χ1v) is 1.94. The van der Waals surface area contributed by atoms with Crippen molar-refractivity contribution in [1.82, 2.24) is 0 Å². The number of carboxylic acid groups (broad SMARTS) is 2. The Morgan fingerprint density at radius 2 is 1.60 bits per heavy atom. The molecule has 0 rings (SSSR count). The summed E-state index contributed by atoms with van der Waals surface area (Å²) >= 11 is 0. The Balaban J connectivity index is -0.0000000326. The Bertz CT molecular complexity index is 75.7. The van der Waals surface area contributed by atoms with Gasteiger partial charge in [-0.1, -0.05) is 6.92 Å². The monoisotopic (exact) mass is 164 g/mol. The molecule has 0 aromatic carbocycles. The van der Waals surface area contributed by atoms with Crippen molar-refractivity contribution in [2.24, 2.45) is 0 Å². The maximum Gasteiger partial charge on any atom is 1.00 e. The fraction of sp³-hybridized carbons (Fsp3) is 0.500. The van der Waals surface area contributed by atoms with Crippen LogP contribution in [0.2, 0.25) is 0 Å². The van der Waals surface area contributed by atoms with E-state index in [1.54, 1.807) is 0 Å². The predicted molar refractivity (Wildman–Crippen MR) is 21.4 cm³/mol. The zero-order valence-electron chi connectivity index (χ0n) is 6.42. The van der Waals surface area contributed by atoms with Gasteiger partial charge in [-0.15, -0.1) is 0 Å². The van der Waals surface area contributed by atoms with Gasteiger partial charge in [-0.3, -0.25) is 0 Å². The van der Waals surface area contributed by atoms with Crippen LogP contribution in [0.15, 0.2) is 0 Å². The smallest absolute Gasteiger partial charge is 0.554 e. The number of hydrogen-bond acceptors (Lipinski definition) is 4. The van der Waals surface area contributed by atoms with E-state index in [1.165, 1.54) is 6.92 Å². The van der Waals surface area contributed by atoms with E-state index >= 15 is 0 Å². The fourth-order valence-corrected chi connectivity index (χ4v) is 0. The zero-order chi connectivity index (χ0) is 6.99. The molecular formula is C4H6Na2O4. The second-order valence-electron chi connectivity index (χ2n) is 0.822. The Morgan fingerprint density at radius 3 is 1.60 bits per heavy atom. The molecule has 4 nitrogen and oxygen atoms in total. The standard InChI is InChI=1S/C3H6O2.CH2O2.2Na/c1-2-3(4)5;2-1-3;;/h2H2,1H3,(H,4,5);1H,(H,2,3);;/q;;2*+1/p-2. The number of aliphatic carboxylic acids is 1. The summed E-state index contributed by atoms with van der Waals surface area (Å²) in [4.78, 5) is 17.5. The minimum Gasteiger partial charge on any atom is -0.554 e. The largest absolute Gasteiger partial charge is 1.00 e. The topological polar surface area (TPSA) is 80.3 Å². The average Bonchev–Trinajstić information content (AvgIpc) is 1.69. The van der Waals surface area contributed by atoms with Crippen molar-refractivity contribution in [2.45, 2.75) is 13.3 Å². The summed E-state index contributed by atoms with van der Waals surface area (Å²) in [5.41, 5.74) is 0. The molecule has 0 aromatic rings. The molecule has 0 N–H and O–H groups in total. The molecule has 0 saturated carbocycles. The van der Waals surface area contributed by atoms with E-state index in [0.29, 0.717) is 0 Å². The molecule has 0 radical (unpaired) electrons. The van der Waals surface area contributed by atoms with Gasteiger partial charge in [-0.25, -0.2) is 0 Å². The second kappa shape index (κ2) is 22.5. The number of hydrogen-bond donors (Lipinski definition) is 0. The van der Waals surface area contributed by atoms with E-state index < -0.39 is 12.4 Å². The summed E-state index contributed by atoms with van der Waals surface area (Å²) in [5, 5.41) is 17.5. The van der Waals surface area contributed by atoms with Gasteiger partial charge in [0, 0.05) is 12.4 Å². The van der Waals surface area contributed by atoms with Crippen LogP contribution in [-0.2, 0) is 9.59 Å². The van der Waals surface area contributed by atoms with Crippen LogP contribution >= 0.6 is 0 Å². The first-order valence-electron chi connectivity index (χ1n) is 1.94. The van der Waals surface area contributed by atoms with Crippen molar-refractivity contribution < 1.29 is 78.9 Å². The summed E-state index contributed by atoms with van der Waals surface area (Å²) in [7, 11) is 0. The molecule has 0 aliphatic heterocycles. The van der Waals surface area contributed by atoms with Crippen LogP contribution in [0.3, 0.4) is 0 Å². The number of carbonyl (C=O) groups is 2. The molecule has 0 atom stereocenters. The molecule has 0 bridgehead atoms. The molecular weight excluding hydrogens is 158 g/mol. The SMILES string of the molecule is CCC(=O)[O-].O=C[O-].[Na+].[Na+]. The molecule has 0 heterocycles. The van der Waals surface area contributed by atoms with Crippen molar-refractivity contribution in [1.29, 1.82) is 0 Å². The average molecular weight is 164 g/mol. The van der Waals surface area contributed by atoms with E-state index in [4.69, 9.17) is 9.90 Å². The van der Waals surface area contributed by atoms with Gasteiger partial charge in [-0.05, 0) is 6.42 Å². The minimum absolute atomic E-state index is 0. The quantitative estimate of drug-likeness (QED) is 0.284. The summed E-state index contributed by atoms with van der Waals surface area (Å²) in [6.45, 7) is 1.04. The summed E-state index contributed by atoms with van der Waals surface area (Å²) in [6.07, 6.45) is 0.111. The molecule has 0 amide bonds. The van der Waals surface area contributed by atoms with E-state index in [9.17, 15) is 9.90 Å². The Morgan fingerprint density at radius 1 is 1.50 bits per heavy atom. The summed E-state index contributed by atoms with van der Waals surface area (Å²) in [5.74, 6) is -0.995. The third kappa shape index (κ3) is 65.2. The van der Waals surface area contributed by atoms with Gasteiger partial charge in [0.2, 0.25) is 0 Å². The van der Waals surface area contributed by atoms with Gasteiger partial charge in [0.25, 0.3) is 0 Å². The molecule has 0 aliphatic carbocycles. The summed E-state index contributed by atoms with van der Waals surface area (Å²) < 4.78 is 0. The van der Waals surface area contributed by atoms with Crippen LogP contribution in [0.1, 0.15) is 13.3 Å². The van der Waals surface area contributed by atoms with Crippen LogP contribution < -0.4 is 69.3 Å². The molecule has 6 heteroatoms. The molecule has 0 unspecified atom stereocenters. The maximum absolute atomic E-state index is 9.26. The van der Waals surface area contributed by atoms with Crippen molar-refractivity contribution in [2.75, 3.05) is 0 Å². The minimum atomic E-state index is -0.995. The molecule has 0 aromatic heterocycles. The van der Waals surface area contributed by atoms with Gasteiger partial charge < -0.3 is 19.8 Å². The molecule has 0 aliphatic rings. The molecule has 0 fully saturated rings. The Labute approximate surface area is 104 Å². The first-order chi connectivity index (χ1) is 3.68. The Kier molecular flexibility index (Phi) is 50.5. The molecule has 10 heavy (non-hydrogen) atoms. The summed E-state index contributed by atoms with van der Waals surface area (Å²) in [6, 6.07) is 0. The van der Waals surface area contributed by atoms with Gasteiger partial charge in [0.05, 0.1) is 0 Å². The normalized spacial score (nSPS) is 4.90. The maximum atomic E-state index is 9.26. The van der Waals surface area contributed by atoms with E-state index in [1.807, 2.05) is 0 Å². The first kappa shape index (κ1) is 22.4. The van der Waals surface area contributed by atoms with Gasteiger partial charge in [0.15, 0.2) is 0 Å². The second-order valence-corrected chi connectivity index (χ2v) is 0.822. The van der Waals surface area contributed by atoms with Gasteiger partial charge in [0.1, 0.15) is 0 Å². The molecule has 0 saturated heterocycles.